The number of nitrogens with one attached hydrogen (secondary N) is 2. The molecule has 3 atom stereocenters. The topological polar surface area (TPSA) is 83.6 Å². The van der Waals surface area contributed by atoms with Gasteiger partial charge in [-0.2, -0.15) is 0 Å². The molecule has 5 rings (SSSR count). The number of benzene rings is 1. The molecular weight excluding hydrogens is 436 g/mol. The summed E-state index contributed by atoms with van der Waals surface area (Å²) in [5.74, 6) is 0.642. The first-order chi connectivity index (χ1) is 16.1. The Labute approximate surface area is 198 Å². The summed E-state index contributed by atoms with van der Waals surface area (Å²) in [6, 6.07) is 7.43. The van der Waals surface area contributed by atoms with Gasteiger partial charge in [0.05, 0.1) is 36.3 Å². The Morgan fingerprint density at radius 3 is 2.88 bits per heavy atom. The summed E-state index contributed by atoms with van der Waals surface area (Å²) in [4.78, 5) is 34.6. The van der Waals surface area contributed by atoms with Crippen LogP contribution in [0.1, 0.15) is 53.6 Å². The Morgan fingerprint density at radius 1 is 1.27 bits per heavy atom. The predicted molar refractivity (Wildman–Crippen MR) is 127 cm³/mol. The van der Waals surface area contributed by atoms with Gasteiger partial charge in [-0.25, -0.2) is 4.98 Å². The van der Waals surface area contributed by atoms with Crippen molar-refractivity contribution in [1.29, 1.82) is 0 Å². The summed E-state index contributed by atoms with van der Waals surface area (Å²) in [6.45, 7) is 2.50. The molecule has 1 aromatic heterocycles. The SMILES string of the molecule is COc1ccccc1C1C2=C(CNC2=O)NC2CCCCC2N1C(=O)CCc1ncc(C)s1. The number of hydrogen-bond donors (Lipinski definition) is 2. The van der Waals surface area contributed by atoms with Gasteiger partial charge in [0.1, 0.15) is 5.75 Å². The summed E-state index contributed by atoms with van der Waals surface area (Å²) in [5, 5.41) is 7.61. The summed E-state index contributed by atoms with van der Waals surface area (Å²) in [5.41, 5.74) is 2.42. The minimum absolute atomic E-state index is 0.0255. The number of methoxy groups -OCH3 is 1. The van der Waals surface area contributed by atoms with Gasteiger partial charge in [-0.15, -0.1) is 11.3 Å². The van der Waals surface area contributed by atoms with Gasteiger partial charge in [-0.3, -0.25) is 9.59 Å². The predicted octanol–water partition coefficient (Wildman–Crippen LogP) is 3.26. The number of nitrogens with zero attached hydrogens (tertiary/aromatic N) is 2. The van der Waals surface area contributed by atoms with Crippen LogP contribution in [0.2, 0.25) is 0 Å². The van der Waals surface area contributed by atoms with Gasteiger partial charge in [0.2, 0.25) is 5.91 Å². The van der Waals surface area contributed by atoms with Gasteiger partial charge >= 0.3 is 0 Å². The van der Waals surface area contributed by atoms with E-state index in [0.29, 0.717) is 30.7 Å². The minimum Gasteiger partial charge on any atom is -0.496 e. The van der Waals surface area contributed by atoms with Crippen LogP contribution in [0.25, 0.3) is 0 Å². The second-order valence-corrected chi connectivity index (χ2v) is 10.3. The van der Waals surface area contributed by atoms with Gasteiger partial charge in [-0.05, 0) is 25.8 Å². The molecule has 1 saturated carbocycles. The van der Waals surface area contributed by atoms with Crippen LogP contribution in [0.4, 0.5) is 0 Å². The van der Waals surface area contributed by atoms with Crippen molar-refractivity contribution < 1.29 is 14.3 Å². The number of hydrogen-bond acceptors (Lipinski definition) is 6. The first-order valence-corrected chi connectivity index (χ1v) is 12.5. The average molecular weight is 467 g/mol. The Balaban J connectivity index is 1.59. The van der Waals surface area contributed by atoms with Crippen molar-refractivity contribution >= 4 is 23.2 Å². The smallest absolute Gasteiger partial charge is 0.251 e. The molecule has 0 saturated heterocycles. The third-order valence-corrected chi connectivity index (χ3v) is 7.91. The number of rotatable bonds is 5. The third kappa shape index (κ3) is 4.12. The van der Waals surface area contributed by atoms with E-state index < -0.39 is 6.04 Å². The lowest BCUT2D eigenvalue weighted by atomic mass is 9.87. The van der Waals surface area contributed by atoms with E-state index in [-0.39, 0.29) is 23.9 Å². The molecule has 2 aromatic rings. The quantitative estimate of drug-likeness (QED) is 0.707. The maximum absolute atomic E-state index is 13.9. The number of carbonyl (C=O) groups is 2. The van der Waals surface area contributed by atoms with E-state index in [2.05, 4.69) is 15.6 Å². The van der Waals surface area contributed by atoms with Gasteiger partial charge < -0.3 is 20.3 Å². The molecule has 3 aliphatic rings. The van der Waals surface area contributed by atoms with Crippen molar-refractivity contribution in [2.75, 3.05) is 13.7 Å². The number of amides is 2. The van der Waals surface area contributed by atoms with Crippen molar-refractivity contribution in [3.8, 4) is 5.75 Å². The van der Waals surface area contributed by atoms with Gasteiger partial charge in [0, 0.05) is 41.2 Å². The van der Waals surface area contributed by atoms with Crippen LogP contribution in [-0.2, 0) is 16.0 Å². The molecule has 1 aromatic carbocycles. The first kappa shape index (κ1) is 21.9. The second-order valence-electron chi connectivity index (χ2n) is 8.99. The first-order valence-electron chi connectivity index (χ1n) is 11.7. The molecule has 3 heterocycles. The van der Waals surface area contributed by atoms with Crippen LogP contribution in [0.3, 0.4) is 0 Å². The number of carbonyl (C=O) groups excluding carboxylic acids is 2. The maximum Gasteiger partial charge on any atom is 0.251 e. The van der Waals surface area contributed by atoms with Crippen molar-refractivity contribution in [3.05, 3.63) is 57.2 Å². The van der Waals surface area contributed by atoms with Crippen LogP contribution in [0.5, 0.6) is 5.75 Å². The normalized spacial score (nSPS) is 24.5. The molecule has 2 N–H and O–H groups in total. The number of fused-ring (bicyclic) bond motifs is 1. The minimum atomic E-state index is -0.482. The molecule has 1 aliphatic carbocycles. The third-order valence-electron chi connectivity index (χ3n) is 6.94. The van der Waals surface area contributed by atoms with Crippen LogP contribution >= 0.6 is 11.3 Å². The van der Waals surface area contributed by atoms with Crippen molar-refractivity contribution in [1.82, 2.24) is 20.5 Å². The number of thiazole rings is 1. The van der Waals surface area contributed by atoms with E-state index in [4.69, 9.17) is 4.74 Å². The molecule has 2 aliphatic heterocycles. The zero-order valence-corrected chi connectivity index (χ0v) is 19.9. The maximum atomic E-state index is 13.9. The molecule has 0 bridgehead atoms. The Morgan fingerprint density at radius 2 is 2.09 bits per heavy atom. The number of ether oxygens (including phenoxy) is 1. The fourth-order valence-corrected chi connectivity index (χ4v) is 6.25. The standard InChI is InChI=1S/C25H30N4O3S/c1-15-13-26-21(33-15)11-12-22(30)29-19-9-5-4-8-17(19)28-18-14-27-25(31)23(18)24(29)16-7-3-6-10-20(16)32-2/h3,6-7,10,13,17,19,24,28H,4-5,8-9,11-12,14H2,1-2H3,(H,27,31). The number of aromatic nitrogens is 1. The highest BCUT2D eigenvalue weighted by Crippen LogP contribution is 2.43. The van der Waals surface area contributed by atoms with E-state index in [0.717, 1.165) is 46.8 Å². The fourth-order valence-electron chi connectivity index (χ4n) is 5.47. The fraction of sp³-hybridized carbons (Fsp3) is 0.480. The lowest BCUT2D eigenvalue weighted by Crippen LogP contribution is -2.53. The van der Waals surface area contributed by atoms with E-state index in [1.54, 1.807) is 18.4 Å². The molecule has 7 nitrogen and oxygen atoms in total. The van der Waals surface area contributed by atoms with E-state index >= 15 is 0 Å². The zero-order valence-electron chi connectivity index (χ0n) is 19.1. The van der Waals surface area contributed by atoms with Crippen LogP contribution < -0.4 is 15.4 Å². The molecule has 1 fully saturated rings. The van der Waals surface area contributed by atoms with Crippen LogP contribution in [-0.4, -0.2) is 47.4 Å². The highest BCUT2D eigenvalue weighted by Gasteiger charge is 2.46. The molecular formula is C25H30N4O3S. The zero-order chi connectivity index (χ0) is 22.9. The molecule has 0 spiro atoms. The molecule has 0 radical (unpaired) electrons. The highest BCUT2D eigenvalue weighted by molar-refractivity contribution is 7.11. The number of para-hydroxylation sites is 1. The van der Waals surface area contributed by atoms with E-state index in [9.17, 15) is 9.59 Å². The van der Waals surface area contributed by atoms with Crippen LogP contribution in [0.15, 0.2) is 41.7 Å². The molecule has 33 heavy (non-hydrogen) atoms. The summed E-state index contributed by atoms with van der Waals surface area (Å²) < 4.78 is 5.70. The molecule has 8 heteroatoms. The highest BCUT2D eigenvalue weighted by atomic mass is 32.1. The van der Waals surface area contributed by atoms with Gasteiger partial charge in [-0.1, -0.05) is 31.0 Å². The largest absolute Gasteiger partial charge is 0.496 e. The van der Waals surface area contributed by atoms with Crippen LogP contribution in [0, 0.1) is 6.92 Å². The molecule has 2 amide bonds. The Kier molecular flexibility index (Phi) is 6.10. The summed E-state index contributed by atoms with van der Waals surface area (Å²) in [6.07, 6.45) is 6.94. The Bertz CT molecular complexity index is 1090. The average Bonchev–Trinajstić information content (AvgIpc) is 3.37. The summed E-state index contributed by atoms with van der Waals surface area (Å²) in [7, 11) is 1.64. The number of aryl methyl sites for hydroxylation is 2. The lowest BCUT2D eigenvalue weighted by molar-refractivity contribution is -0.137. The Hall–Kier alpha value is -2.87. The van der Waals surface area contributed by atoms with Crippen molar-refractivity contribution in [3.63, 3.8) is 0 Å². The van der Waals surface area contributed by atoms with Crippen molar-refractivity contribution in [2.24, 2.45) is 0 Å². The lowest BCUT2D eigenvalue weighted by Gasteiger charge is -2.43. The van der Waals surface area contributed by atoms with Gasteiger partial charge in [0.15, 0.2) is 0 Å². The van der Waals surface area contributed by atoms with Crippen molar-refractivity contribution in [2.45, 2.75) is 63.6 Å². The molecule has 174 valence electrons. The molecule has 3 unspecified atom stereocenters. The van der Waals surface area contributed by atoms with Gasteiger partial charge in [0.25, 0.3) is 5.91 Å². The summed E-state index contributed by atoms with van der Waals surface area (Å²) >= 11 is 1.63. The second kappa shape index (κ2) is 9.17. The van der Waals surface area contributed by atoms with E-state index in [1.807, 2.05) is 42.3 Å². The van der Waals surface area contributed by atoms with E-state index in [1.165, 1.54) is 0 Å². The monoisotopic (exact) mass is 466 g/mol.